The second kappa shape index (κ2) is 6.46. The van der Waals surface area contributed by atoms with Crippen molar-refractivity contribution in [2.75, 3.05) is 7.05 Å². The van der Waals surface area contributed by atoms with Crippen LogP contribution in [-0.2, 0) is 4.79 Å². The number of nitrogens with zero attached hydrogens (tertiary/aromatic N) is 1. The fraction of sp³-hybridized carbons (Fsp3) is 0.867. The minimum Gasteiger partial charge on any atom is -0.481 e. The molecule has 2 N–H and O–H groups in total. The summed E-state index contributed by atoms with van der Waals surface area (Å²) >= 11 is 0. The van der Waals surface area contributed by atoms with E-state index < -0.39 is 11.5 Å². The predicted molar refractivity (Wildman–Crippen MR) is 78.7 cm³/mol. The minimum absolute atomic E-state index is 0.0130. The molecule has 20 heavy (non-hydrogen) atoms. The molecule has 5 heteroatoms. The normalized spacial score (nSPS) is 18.4. The second-order valence-corrected chi connectivity index (χ2v) is 6.57. The van der Waals surface area contributed by atoms with Crippen molar-refractivity contribution in [3.05, 3.63) is 0 Å². The molecule has 0 aliphatic heterocycles. The number of amides is 2. The van der Waals surface area contributed by atoms with Crippen molar-refractivity contribution in [1.82, 2.24) is 10.2 Å². The minimum atomic E-state index is -0.843. The molecule has 0 aromatic heterocycles. The molecule has 1 saturated carbocycles. The van der Waals surface area contributed by atoms with Crippen LogP contribution >= 0.6 is 0 Å². The van der Waals surface area contributed by atoms with E-state index in [-0.39, 0.29) is 18.0 Å². The topological polar surface area (TPSA) is 69.6 Å². The summed E-state index contributed by atoms with van der Waals surface area (Å²) in [5.41, 5.74) is -0.803. The van der Waals surface area contributed by atoms with E-state index in [1.54, 1.807) is 11.9 Å². The largest absolute Gasteiger partial charge is 0.481 e. The number of nitrogens with one attached hydrogen (secondary N) is 1. The molecule has 0 heterocycles. The Bertz CT molecular complexity index is 360. The fourth-order valence-electron chi connectivity index (χ4n) is 2.69. The van der Waals surface area contributed by atoms with Gasteiger partial charge in [-0.3, -0.25) is 4.79 Å². The molecule has 1 rings (SSSR count). The van der Waals surface area contributed by atoms with Crippen molar-refractivity contribution in [2.24, 2.45) is 0 Å². The number of aliphatic carboxylic acids is 1. The van der Waals surface area contributed by atoms with E-state index in [1.807, 2.05) is 20.8 Å². The van der Waals surface area contributed by atoms with Gasteiger partial charge >= 0.3 is 12.0 Å². The van der Waals surface area contributed by atoms with E-state index in [1.165, 1.54) is 0 Å². The van der Waals surface area contributed by atoms with Crippen molar-refractivity contribution in [3.63, 3.8) is 0 Å². The van der Waals surface area contributed by atoms with Gasteiger partial charge in [-0.1, -0.05) is 26.2 Å². The zero-order valence-corrected chi connectivity index (χ0v) is 13.2. The lowest BCUT2D eigenvalue weighted by Crippen LogP contribution is -2.58. The van der Waals surface area contributed by atoms with E-state index >= 15 is 0 Å². The van der Waals surface area contributed by atoms with Crippen LogP contribution in [0.3, 0.4) is 0 Å². The Morgan fingerprint density at radius 2 is 1.80 bits per heavy atom. The maximum absolute atomic E-state index is 12.4. The lowest BCUT2D eigenvalue weighted by Gasteiger charge is -2.41. The van der Waals surface area contributed by atoms with E-state index in [0.29, 0.717) is 0 Å². The maximum atomic E-state index is 12.4. The molecule has 116 valence electrons. The molecule has 1 aliphatic rings. The van der Waals surface area contributed by atoms with Crippen LogP contribution in [0.25, 0.3) is 0 Å². The monoisotopic (exact) mass is 284 g/mol. The zero-order chi connectivity index (χ0) is 15.4. The standard InChI is InChI=1S/C15H28N2O3/c1-5-14(2,3)17(4)13(20)16-15(11-12(18)19)9-7-6-8-10-15/h5-11H2,1-4H3,(H,16,20)(H,18,19). The van der Waals surface area contributed by atoms with Gasteiger partial charge < -0.3 is 15.3 Å². The number of hydrogen-bond acceptors (Lipinski definition) is 2. The average Bonchev–Trinajstić information content (AvgIpc) is 2.37. The van der Waals surface area contributed by atoms with Crippen LogP contribution < -0.4 is 5.32 Å². The van der Waals surface area contributed by atoms with Crippen LogP contribution in [-0.4, -0.2) is 40.1 Å². The van der Waals surface area contributed by atoms with Gasteiger partial charge in [-0.2, -0.15) is 0 Å². The van der Waals surface area contributed by atoms with Crippen LogP contribution in [0.15, 0.2) is 0 Å². The first-order chi connectivity index (χ1) is 9.22. The smallest absolute Gasteiger partial charge is 0.318 e. The molecule has 1 fully saturated rings. The highest BCUT2D eigenvalue weighted by Gasteiger charge is 2.38. The number of carbonyl (C=O) groups excluding carboxylic acids is 1. The molecule has 2 amide bonds. The molecule has 0 spiro atoms. The predicted octanol–water partition coefficient (Wildman–Crippen LogP) is 2.99. The second-order valence-electron chi connectivity index (χ2n) is 6.57. The Kier molecular flexibility index (Phi) is 5.42. The molecule has 0 aromatic rings. The van der Waals surface area contributed by atoms with Gasteiger partial charge in [0.15, 0.2) is 0 Å². The summed E-state index contributed by atoms with van der Waals surface area (Å²) in [6.07, 6.45) is 5.45. The summed E-state index contributed by atoms with van der Waals surface area (Å²) < 4.78 is 0. The molecular formula is C15H28N2O3. The fourth-order valence-corrected chi connectivity index (χ4v) is 2.69. The molecule has 0 aromatic carbocycles. The number of carboxylic acids is 1. The Morgan fingerprint density at radius 1 is 1.25 bits per heavy atom. The molecule has 0 unspecified atom stereocenters. The molecule has 1 aliphatic carbocycles. The van der Waals surface area contributed by atoms with Gasteiger partial charge in [0.25, 0.3) is 0 Å². The first kappa shape index (κ1) is 16.8. The summed E-state index contributed by atoms with van der Waals surface area (Å²) in [5, 5.41) is 12.1. The van der Waals surface area contributed by atoms with Crippen molar-refractivity contribution in [3.8, 4) is 0 Å². The highest BCUT2D eigenvalue weighted by atomic mass is 16.4. The van der Waals surface area contributed by atoms with E-state index in [4.69, 9.17) is 5.11 Å². The van der Waals surface area contributed by atoms with Gasteiger partial charge in [0.05, 0.1) is 12.0 Å². The number of rotatable bonds is 5. The van der Waals surface area contributed by atoms with Crippen molar-refractivity contribution in [2.45, 2.75) is 76.8 Å². The van der Waals surface area contributed by atoms with Crippen LogP contribution in [0, 0.1) is 0 Å². The zero-order valence-electron chi connectivity index (χ0n) is 13.2. The highest BCUT2D eigenvalue weighted by Crippen LogP contribution is 2.31. The van der Waals surface area contributed by atoms with Crippen molar-refractivity contribution in [1.29, 1.82) is 0 Å². The number of hydrogen-bond donors (Lipinski definition) is 2. The van der Waals surface area contributed by atoms with Gasteiger partial charge in [-0.05, 0) is 33.1 Å². The van der Waals surface area contributed by atoms with Crippen LogP contribution in [0.2, 0.25) is 0 Å². The number of urea groups is 1. The Hall–Kier alpha value is -1.26. The average molecular weight is 284 g/mol. The lowest BCUT2D eigenvalue weighted by atomic mass is 9.79. The quantitative estimate of drug-likeness (QED) is 0.815. The van der Waals surface area contributed by atoms with Crippen LogP contribution in [0.1, 0.15) is 65.7 Å². The number of carboxylic acid groups (broad SMARTS) is 1. The molecule has 0 saturated heterocycles. The third kappa shape index (κ3) is 4.12. The molecule has 0 radical (unpaired) electrons. The van der Waals surface area contributed by atoms with E-state index in [9.17, 15) is 9.59 Å². The van der Waals surface area contributed by atoms with Gasteiger partial charge in [0, 0.05) is 12.6 Å². The summed E-state index contributed by atoms with van der Waals surface area (Å²) in [6.45, 7) is 6.06. The molecule has 5 nitrogen and oxygen atoms in total. The first-order valence-corrected chi connectivity index (χ1v) is 7.50. The number of carbonyl (C=O) groups is 2. The Labute approximate surface area is 121 Å². The summed E-state index contributed by atoms with van der Waals surface area (Å²) in [7, 11) is 1.77. The Balaban J connectivity index is 2.79. The SMILES string of the molecule is CCC(C)(C)N(C)C(=O)NC1(CC(=O)O)CCCCC1. The van der Waals surface area contributed by atoms with Crippen LogP contribution in [0.5, 0.6) is 0 Å². The van der Waals surface area contributed by atoms with E-state index in [0.717, 1.165) is 38.5 Å². The Morgan fingerprint density at radius 3 is 2.25 bits per heavy atom. The third-order valence-corrected chi connectivity index (χ3v) is 4.75. The molecular weight excluding hydrogens is 256 g/mol. The highest BCUT2D eigenvalue weighted by molar-refractivity contribution is 5.77. The van der Waals surface area contributed by atoms with Gasteiger partial charge in [-0.25, -0.2) is 4.79 Å². The molecule has 0 bridgehead atoms. The summed E-state index contributed by atoms with van der Waals surface area (Å²) in [5.74, 6) is -0.843. The summed E-state index contributed by atoms with van der Waals surface area (Å²) in [6, 6.07) is -0.167. The molecule has 0 atom stereocenters. The van der Waals surface area contributed by atoms with Gasteiger partial charge in [0.2, 0.25) is 0 Å². The first-order valence-electron chi connectivity index (χ1n) is 7.50. The van der Waals surface area contributed by atoms with Gasteiger partial charge in [-0.15, -0.1) is 0 Å². The maximum Gasteiger partial charge on any atom is 0.318 e. The van der Waals surface area contributed by atoms with Crippen molar-refractivity contribution >= 4 is 12.0 Å². The van der Waals surface area contributed by atoms with Crippen molar-refractivity contribution < 1.29 is 14.7 Å². The van der Waals surface area contributed by atoms with Gasteiger partial charge in [0.1, 0.15) is 0 Å². The van der Waals surface area contributed by atoms with Crippen LogP contribution in [0.4, 0.5) is 4.79 Å². The summed E-state index contributed by atoms with van der Waals surface area (Å²) in [4.78, 5) is 25.2. The van der Waals surface area contributed by atoms with E-state index in [2.05, 4.69) is 5.32 Å². The lowest BCUT2D eigenvalue weighted by molar-refractivity contribution is -0.139. The third-order valence-electron chi connectivity index (χ3n) is 4.75.